The molecule has 2 rings (SSSR count). The quantitative estimate of drug-likeness (QED) is 0.772. The summed E-state index contributed by atoms with van der Waals surface area (Å²) in [6.45, 7) is 2.23. The van der Waals surface area contributed by atoms with Gasteiger partial charge in [0.05, 0.1) is 6.26 Å². The van der Waals surface area contributed by atoms with Crippen LogP contribution in [-0.4, -0.2) is 35.7 Å². The Hall–Kier alpha value is -0.950. The van der Waals surface area contributed by atoms with E-state index in [1.807, 2.05) is 0 Å². The predicted molar refractivity (Wildman–Crippen MR) is 57.2 cm³/mol. The van der Waals surface area contributed by atoms with Crippen molar-refractivity contribution in [2.24, 2.45) is 0 Å². The molecule has 16 heavy (non-hydrogen) atoms. The normalized spacial score (nSPS) is 23.5. The number of aromatic nitrogens is 2. The topological polar surface area (TPSA) is 76.3 Å². The summed E-state index contributed by atoms with van der Waals surface area (Å²) < 4.78 is 30.0. The van der Waals surface area contributed by atoms with Gasteiger partial charge in [-0.25, -0.2) is 8.42 Å². The van der Waals surface area contributed by atoms with E-state index in [1.54, 1.807) is 6.92 Å². The van der Waals surface area contributed by atoms with Gasteiger partial charge in [-0.15, -0.1) is 10.2 Å². The van der Waals surface area contributed by atoms with Crippen LogP contribution in [0.2, 0.25) is 0 Å². The van der Waals surface area contributed by atoms with Crippen molar-refractivity contribution < 1.29 is 12.8 Å². The maximum Gasteiger partial charge on any atom is 0.234 e. The van der Waals surface area contributed by atoms with Gasteiger partial charge in [0.2, 0.25) is 21.8 Å². The Morgan fingerprint density at radius 3 is 2.69 bits per heavy atom. The SMILES string of the molecule is Cc1nnc(C2CCCCN2S(C)(=O)=O)o1. The van der Waals surface area contributed by atoms with Crippen LogP contribution in [0.1, 0.15) is 37.1 Å². The van der Waals surface area contributed by atoms with Crippen molar-refractivity contribution in [2.45, 2.75) is 32.2 Å². The van der Waals surface area contributed by atoms with Crippen LogP contribution < -0.4 is 0 Å². The molecule has 0 N–H and O–H groups in total. The summed E-state index contributed by atoms with van der Waals surface area (Å²) in [7, 11) is -3.21. The van der Waals surface area contributed by atoms with E-state index >= 15 is 0 Å². The lowest BCUT2D eigenvalue weighted by molar-refractivity contribution is 0.218. The maximum absolute atomic E-state index is 11.6. The number of aryl methyl sites for hydroxylation is 1. The first-order valence-electron chi connectivity index (χ1n) is 5.25. The van der Waals surface area contributed by atoms with E-state index in [2.05, 4.69) is 10.2 Å². The monoisotopic (exact) mass is 245 g/mol. The van der Waals surface area contributed by atoms with Crippen molar-refractivity contribution >= 4 is 10.0 Å². The number of hydrogen-bond donors (Lipinski definition) is 0. The maximum atomic E-state index is 11.6. The minimum absolute atomic E-state index is 0.287. The molecule has 1 unspecified atom stereocenters. The molecule has 0 aliphatic carbocycles. The van der Waals surface area contributed by atoms with Gasteiger partial charge in [0.1, 0.15) is 6.04 Å². The Bertz CT molecular complexity index is 468. The molecule has 0 radical (unpaired) electrons. The fourth-order valence-corrected chi connectivity index (χ4v) is 3.11. The third-order valence-corrected chi connectivity index (χ3v) is 4.00. The molecule has 90 valence electrons. The summed E-state index contributed by atoms with van der Waals surface area (Å²) in [6, 6.07) is -0.287. The van der Waals surface area contributed by atoms with E-state index in [1.165, 1.54) is 10.6 Å². The molecule has 0 amide bonds. The highest BCUT2D eigenvalue weighted by molar-refractivity contribution is 7.88. The molecular formula is C9H15N3O3S. The summed E-state index contributed by atoms with van der Waals surface area (Å²) in [6.07, 6.45) is 3.83. The van der Waals surface area contributed by atoms with Crippen LogP contribution in [0.15, 0.2) is 4.42 Å². The van der Waals surface area contributed by atoms with Crippen molar-refractivity contribution in [3.8, 4) is 0 Å². The Morgan fingerprint density at radius 2 is 2.12 bits per heavy atom. The van der Waals surface area contributed by atoms with Crippen LogP contribution in [-0.2, 0) is 10.0 Å². The molecule has 2 heterocycles. The zero-order valence-corrected chi connectivity index (χ0v) is 10.2. The summed E-state index contributed by atoms with van der Waals surface area (Å²) in [5.74, 6) is 0.872. The van der Waals surface area contributed by atoms with Gasteiger partial charge >= 0.3 is 0 Å². The Morgan fingerprint density at radius 1 is 1.38 bits per heavy atom. The highest BCUT2D eigenvalue weighted by atomic mass is 32.2. The molecule has 0 bridgehead atoms. The van der Waals surface area contributed by atoms with Crippen LogP contribution in [0.4, 0.5) is 0 Å². The average molecular weight is 245 g/mol. The van der Waals surface area contributed by atoms with E-state index in [4.69, 9.17) is 4.42 Å². The van der Waals surface area contributed by atoms with E-state index in [9.17, 15) is 8.42 Å². The Labute approximate surface area is 94.7 Å². The van der Waals surface area contributed by atoms with Gasteiger partial charge in [-0.05, 0) is 12.8 Å². The molecule has 6 nitrogen and oxygen atoms in total. The molecule has 7 heteroatoms. The lowest BCUT2D eigenvalue weighted by Gasteiger charge is -2.31. The Kier molecular flexibility index (Phi) is 2.98. The average Bonchev–Trinajstić information content (AvgIpc) is 2.64. The molecule has 1 atom stereocenters. The minimum Gasteiger partial charge on any atom is -0.424 e. The Balaban J connectivity index is 2.30. The van der Waals surface area contributed by atoms with E-state index < -0.39 is 10.0 Å². The van der Waals surface area contributed by atoms with Crippen molar-refractivity contribution in [1.29, 1.82) is 0 Å². The standard InChI is InChI=1S/C9H15N3O3S/c1-7-10-11-9(15-7)8-5-3-4-6-12(8)16(2,13)14/h8H,3-6H2,1-2H3. The zero-order valence-electron chi connectivity index (χ0n) is 9.38. The minimum atomic E-state index is -3.21. The lowest BCUT2D eigenvalue weighted by Crippen LogP contribution is -2.37. The van der Waals surface area contributed by atoms with Crippen molar-refractivity contribution in [1.82, 2.24) is 14.5 Å². The number of hydrogen-bond acceptors (Lipinski definition) is 5. The first-order chi connectivity index (χ1) is 7.48. The van der Waals surface area contributed by atoms with Crippen molar-refractivity contribution in [3.63, 3.8) is 0 Å². The smallest absolute Gasteiger partial charge is 0.234 e. The second kappa shape index (κ2) is 4.14. The third kappa shape index (κ3) is 2.25. The first kappa shape index (κ1) is 11.5. The van der Waals surface area contributed by atoms with Crippen LogP contribution in [0.25, 0.3) is 0 Å². The molecule has 1 aliphatic rings. The number of nitrogens with zero attached hydrogens (tertiary/aromatic N) is 3. The van der Waals surface area contributed by atoms with Gasteiger partial charge in [0.15, 0.2) is 0 Å². The number of rotatable bonds is 2. The summed E-state index contributed by atoms with van der Waals surface area (Å²) >= 11 is 0. The zero-order chi connectivity index (χ0) is 11.8. The van der Waals surface area contributed by atoms with Gasteiger partial charge in [0.25, 0.3) is 0 Å². The van der Waals surface area contributed by atoms with Crippen molar-refractivity contribution in [2.75, 3.05) is 12.8 Å². The van der Waals surface area contributed by atoms with Gasteiger partial charge in [-0.3, -0.25) is 0 Å². The van der Waals surface area contributed by atoms with E-state index in [0.717, 1.165) is 19.3 Å². The van der Waals surface area contributed by atoms with E-state index in [0.29, 0.717) is 18.3 Å². The van der Waals surface area contributed by atoms with Crippen LogP contribution in [0.3, 0.4) is 0 Å². The third-order valence-electron chi connectivity index (χ3n) is 2.71. The highest BCUT2D eigenvalue weighted by Gasteiger charge is 2.33. The largest absolute Gasteiger partial charge is 0.424 e. The first-order valence-corrected chi connectivity index (χ1v) is 7.10. The van der Waals surface area contributed by atoms with Gasteiger partial charge < -0.3 is 4.42 Å². The van der Waals surface area contributed by atoms with Crippen molar-refractivity contribution in [3.05, 3.63) is 11.8 Å². The molecule has 1 fully saturated rings. The van der Waals surface area contributed by atoms with Gasteiger partial charge in [0, 0.05) is 13.5 Å². The fourth-order valence-electron chi connectivity index (χ4n) is 2.00. The second-order valence-electron chi connectivity index (χ2n) is 4.04. The summed E-state index contributed by atoms with van der Waals surface area (Å²) in [5.41, 5.74) is 0. The summed E-state index contributed by atoms with van der Waals surface area (Å²) in [4.78, 5) is 0. The molecule has 1 aromatic heterocycles. The number of piperidine rings is 1. The lowest BCUT2D eigenvalue weighted by atomic mass is 10.1. The fraction of sp³-hybridized carbons (Fsp3) is 0.778. The molecule has 1 aromatic rings. The van der Waals surface area contributed by atoms with Gasteiger partial charge in [-0.1, -0.05) is 6.42 Å². The molecule has 1 saturated heterocycles. The highest BCUT2D eigenvalue weighted by Crippen LogP contribution is 2.31. The summed E-state index contributed by atoms with van der Waals surface area (Å²) in [5, 5.41) is 7.65. The van der Waals surface area contributed by atoms with Crippen LogP contribution >= 0.6 is 0 Å². The molecule has 1 aliphatic heterocycles. The van der Waals surface area contributed by atoms with E-state index in [-0.39, 0.29) is 6.04 Å². The number of sulfonamides is 1. The van der Waals surface area contributed by atoms with Crippen LogP contribution in [0.5, 0.6) is 0 Å². The molecule has 0 spiro atoms. The van der Waals surface area contributed by atoms with Crippen LogP contribution in [0, 0.1) is 6.92 Å². The molecule has 0 saturated carbocycles. The second-order valence-corrected chi connectivity index (χ2v) is 5.98. The molecular weight excluding hydrogens is 230 g/mol. The van der Waals surface area contributed by atoms with Gasteiger partial charge in [-0.2, -0.15) is 4.31 Å². The molecule has 0 aromatic carbocycles. The predicted octanol–water partition coefficient (Wildman–Crippen LogP) is 0.865.